The third-order valence-corrected chi connectivity index (χ3v) is 2.65. The Morgan fingerprint density at radius 1 is 1.27 bits per heavy atom. The highest BCUT2D eigenvalue weighted by atomic mass is 32.2. The number of ether oxygens (including phenoxy) is 1. The Morgan fingerprint density at radius 2 is 1.87 bits per heavy atom. The molecule has 1 unspecified atom stereocenters. The van der Waals surface area contributed by atoms with Crippen LogP contribution in [0.5, 0.6) is 0 Å². The molecule has 0 saturated carbocycles. The second-order valence-corrected chi connectivity index (χ2v) is 4.31. The maximum absolute atomic E-state index is 11.0. The van der Waals surface area contributed by atoms with Gasteiger partial charge in [0.1, 0.15) is 0 Å². The van der Waals surface area contributed by atoms with Crippen molar-refractivity contribution in [1.29, 1.82) is 0 Å². The minimum atomic E-state index is -4.32. The minimum absolute atomic E-state index is 0.153. The lowest BCUT2D eigenvalue weighted by Gasteiger charge is -2.14. The van der Waals surface area contributed by atoms with E-state index in [1.807, 2.05) is 0 Å². The summed E-state index contributed by atoms with van der Waals surface area (Å²) in [5.74, 6) is 0. The van der Waals surface area contributed by atoms with Gasteiger partial charge in [-0.2, -0.15) is 8.42 Å². The van der Waals surface area contributed by atoms with Gasteiger partial charge in [0.25, 0.3) is 10.1 Å². The van der Waals surface area contributed by atoms with E-state index in [0.29, 0.717) is 5.56 Å². The van der Waals surface area contributed by atoms with Crippen LogP contribution >= 0.6 is 0 Å². The molecule has 84 valence electrons. The van der Waals surface area contributed by atoms with E-state index < -0.39 is 15.6 Å². The standard InChI is InChI=1S/C9H12O5S/c10-6-7-14-9(15(11,12)13)8-4-2-1-3-5-8/h1-5,9-10H,6-7H2,(H,11,12,13). The van der Waals surface area contributed by atoms with Gasteiger partial charge in [0, 0.05) is 0 Å². The first-order valence-corrected chi connectivity index (χ1v) is 5.79. The van der Waals surface area contributed by atoms with Crippen LogP contribution in [-0.2, 0) is 14.9 Å². The second-order valence-electron chi connectivity index (χ2n) is 2.85. The lowest BCUT2D eigenvalue weighted by atomic mass is 10.2. The zero-order valence-electron chi connectivity index (χ0n) is 7.91. The van der Waals surface area contributed by atoms with Crippen LogP contribution in [0, 0.1) is 0 Å². The summed E-state index contributed by atoms with van der Waals surface area (Å²) >= 11 is 0. The van der Waals surface area contributed by atoms with Gasteiger partial charge in [0.05, 0.1) is 13.2 Å². The van der Waals surface area contributed by atoms with Gasteiger partial charge in [-0.25, -0.2) is 0 Å². The van der Waals surface area contributed by atoms with Crippen molar-refractivity contribution in [3.63, 3.8) is 0 Å². The maximum Gasteiger partial charge on any atom is 0.296 e. The monoisotopic (exact) mass is 232 g/mol. The molecule has 2 N–H and O–H groups in total. The molecular weight excluding hydrogens is 220 g/mol. The summed E-state index contributed by atoms with van der Waals surface area (Å²) in [6.45, 7) is -0.460. The zero-order chi connectivity index (χ0) is 11.3. The van der Waals surface area contributed by atoms with Gasteiger partial charge in [0.2, 0.25) is 5.44 Å². The van der Waals surface area contributed by atoms with Crippen LogP contribution < -0.4 is 0 Å². The van der Waals surface area contributed by atoms with Gasteiger partial charge in [-0.15, -0.1) is 0 Å². The molecule has 0 heterocycles. The molecule has 1 aromatic carbocycles. The molecule has 0 spiro atoms. The highest BCUT2D eigenvalue weighted by molar-refractivity contribution is 7.85. The highest BCUT2D eigenvalue weighted by Crippen LogP contribution is 2.22. The van der Waals surface area contributed by atoms with Crippen molar-refractivity contribution in [2.45, 2.75) is 5.44 Å². The summed E-state index contributed by atoms with van der Waals surface area (Å²) in [7, 11) is -4.32. The van der Waals surface area contributed by atoms with E-state index in [4.69, 9.17) is 14.4 Å². The molecule has 0 radical (unpaired) electrons. The van der Waals surface area contributed by atoms with Crippen LogP contribution in [0.25, 0.3) is 0 Å². The third kappa shape index (κ3) is 3.60. The normalized spacial score (nSPS) is 13.7. The lowest BCUT2D eigenvalue weighted by Crippen LogP contribution is -2.17. The van der Waals surface area contributed by atoms with Gasteiger partial charge in [-0.05, 0) is 5.56 Å². The average molecular weight is 232 g/mol. The van der Waals surface area contributed by atoms with E-state index in [-0.39, 0.29) is 13.2 Å². The Bertz CT molecular complexity index is 386. The Kier molecular flexibility index (Phi) is 4.22. The van der Waals surface area contributed by atoms with Crippen LogP contribution in [-0.4, -0.2) is 31.3 Å². The fourth-order valence-electron chi connectivity index (χ4n) is 1.12. The maximum atomic E-state index is 11.0. The Morgan fingerprint density at radius 3 is 2.33 bits per heavy atom. The predicted octanol–water partition coefficient (Wildman–Crippen LogP) is 0.582. The van der Waals surface area contributed by atoms with Crippen molar-refractivity contribution in [2.24, 2.45) is 0 Å². The lowest BCUT2D eigenvalue weighted by molar-refractivity contribution is 0.0660. The van der Waals surface area contributed by atoms with Gasteiger partial charge < -0.3 is 9.84 Å². The van der Waals surface area contributed by atoms with Crippen molar-refractivity contribution >= 4 is 10.1 Å². The molecule has 0 amide bonds. The van der Waals surface area contributed by atoms with Crippen molar-refractivity contribution in [1.82, 2.24) is 0 Å². The molecule has 1 atom stereocenters. The van der Waals surface area contributed by atoms with Crippen LogP contribution in [0.4, 0.5) is 0 Å². The average Bonchev–Trinajstić information content (AvgIpc) is 2.18. The van der Waals surface area contributed by atoms with E-state index in [1.165, 1.54) is 12.1 Å². The molecule has 0 aliphatic rings. The Hall–Kier alpha value is -0.950. The third-order valence-electron chi connectivity index (χ3n) is 1.70. The molecule has 1 aromatic rings. The van der Waals surface area contributed by atoms with Gasteiger partial charge in [-0.3, -0.25) is 4.55 Å². The first kappa shape index (κ1) is 12.1. The van der Waals surface area contributed by atoms with Crippen molar-refractivity contribution in [3.05, 3.63) is 35.9 Å². The molecular formula is C9H12O5S. The molecule has 0 bridgehead atoms. The highest BCUT2D eigenvalue weighted by Gasteiger charge is 2.25. The van der Waals surface area contributed by atoms with Crippen LogP contribution in [0.15, 0.2) is 30.3 Å². The summed E-state index contributed by atoms with van der Waals surface area (Å²) in [6, 6.07) is 8.04. The second kappa shape index (κ2) is 5.22. The van der Waals surface area contributed by atoms with E-state index in [2.05, 4.69) is 0 Å². The topological polar surface area (TPSA) is 83.8 Å². The zero-order valence-corrected chi connectivity index (χ0v) is 8.72. The first-order chi connectivity index (χ1) is 7.05. The number of hydrogen-bond acceptors (Lipinski definition) is 4. The molecule has 0 aromatic heterocycles. The molecule has 0 fully saturated rings. The molecule has 5 nitrogen and oxygen atoms in total. The van der Waals surface area contributed by atoms with E-state index in [9.17, 15) is 8.42 Å². The summed E-state index contributed by atoms with van der Waals surface area (Å²) in [5.41, 5.74) is -1.11. The summed E-state index contributed by atoms with van der Waals surface area (Å²) in [5, 5.41) is 8.53. The number of hydrogen-bond donors (Lipinski definition) is 2. The van der Waals surface area contributed by atoms with Gasteiger partial charge in [0.15, 0.2) is 0 Å². The van der Waals surface area contributed by atoms with Gasteiger partial charge in [-0.1, -0.05) is 30.3 Å². The van der Waals surface area contributed by atoms with Crippen molar-refractivity contribution in [2.75, 3.05) is 13.2 Å². The number of aliphatic hydroxyl groups excluding tert-OH is 1. The van der Waals surface area contributed by atoms with Crippen LogP contribution in [0.2, 0.25) is 0 Å². The number of aliphatic hydroxyl groups is 1. The quantitative estimate of drug-likeness (QED) is 0.725. The van der Waals surface area contributed by atoms with Gasteiger partial charge >= 0.3 is 0 Å². The Balaban J connectivity index is 2.92. The molecule has 6 heteroatoms. The summed E-state index contributed by atoms with van der Waals surface area (Å²) < 4.78 is 35.8. The van der Waals surface area contributed by atoms with Crippen LogP contribution in [0.3, 0.4) is 0 Å². The summed E-state index contributed by atoms with van der Waals surface area (Å²) in [6.07, 6.45) is 0. The molecule has 0 saturated heterocycles. The first-order valence-electron chi connectivity index (χ1n) is 4.29. The van der Waals surface area contributed by atoms with Crippen molar-refractivity contribution in [3.8, 4) is 0 Å². The molecule has 0 aliphatic heterocycles. The molecule has 15 heavy (non-hydrogen) atoms. The van der Waals surface area contributed by atoms with E-state index in [0.717, 1.165) is 0 Å². The molecule has 1 rings (SSSR count). The SMILES string of the molecule is O=S(=O)(O)C(OCCO)c1ccccc1. The smallest absolute Gasteiger partial charge is 0.296 e. The number of benzene rings is 1. The van der Waals surface area contributed by atoms with Crippen molar-refractivity contribution < 1.29 is 22.8 Å². The number of rotatable bonds is 5. The summed E-state index contributed by atoms with van der Waals surface area (Å²) in [4.78, 5) is 0. The fourth-order valence-corrected chi connectivity index (χ4v) is 1.89. The van der Waals surface area contributed by atoms with E-state index >= 15 is 0 Å². The van der Waals surface area contributed by atoms with E-state index in [1.54, 1.807) is 18.2 Å². The predicted molar refractivity (Wildman–Crippen MR) is 53.8 cm³/mol. The minimum Gasteiger partial charge on any atom is -0.394 e. The fraction of sp³-hybridized carbons (Fsp3) is 0.333. The largest absolute Gasteiger partial charge is 0.394 e. The Labute approximate surface area is 88.1 Å². The van der Waals surface area contributed by atoms with Crippen LogP contribution in [0.1, 0.15) is 11.0 Å². The molecule has 0 aliphatic carbocycles.